The van der Waals surface area contributed by atoms with E-state index in [-0.39, 0.29) is 46.9 Å². The number of hydrogen-bond acceptors (Lipinski definition) is 5. The number of carbonyl (C=O) groups is 3. The van der Waals surface area contributed by atoms with Crippen LogP contribution in [0.25, 0.3) is 0 Å². The molecular formula is C28H35BrClN3O4S. The number of para-hydroxylation sites is 1. The number of alkyl halides is 1. The first-order valence-electron chi connectivity index (χ1n) is 12.8. The number of halogens is 2. The van der Waals surface area contributed by atoms with Crippen molar-refractivity contribution in [1.29, 1.82) is 0 Å². The summed E-state index contributed by atoms with van der Waals surface area (Å²) in [7, 11) is 1.71. The Balaban J connectivity index is 1.87. The molecule has 7 nitrogen and oxygen atoms in total. The first kappa shape index (κ1) is 29.2. The van der Waals surface area contributed by atoms with Crippen LogP contribution in [0, 0.1) is 17.8 Å². The topological polar surface area (TPSA) is 81.2 Å². The molecule has 1 spiro atoms. The van der Waals surface area contributed by atoms with Crippen LogP contribution in [0.2, 0.25) is 5.02 Å². The second-order valence-electron chi connectivity index (χ2n) is 10.6. The molecule has 0 aromatic heterocycles. The second kappa shape index (κ2) is 11.4. The fourth-order valence-corrected chi connectivity index (χ4v) is 10.2. The number of aliphatic hydroxyl groups is 1. The van der Waals surface area contributed by atoms with Crippen molar-refractivity contribution in [2.24, 2.45) is 17.8 Å². The predicted molar refractivity (Wildman–Crippen MR) is 157 cm³/mol. The highest BCUT2D eigenvalue weighted by Gasteiger charge is 2.76. The van der Waals surface area contributed by atoms with Crippen LogP contribution in [0.5, 0.6) is 0 Å². The summed E-state index contributed by atoms with van der Waals surface area (Å²) in [4.78, 5) is 47.4. The number of fused-ring (bicyclic) bond motifs is 1. The van der Waals surface area contributed by atoms with E-state index in [9.17, 15) is 19.5 Å². The van der Waals surface area contributed by atoms with E-state index in [0.29, 0.717) is 23.7 Å². The molecule has 3 fully saturated rings. The minimum Gasteiger partial charge on any atom is -0.394 e. The van der Waals surface area contributed by atoms with Gasteiger partial charge in [-0.15, -0.1) is 24.9 Å². The maximum atomic E-state index is 14.6. The zero-order chi connectivity index (χ0) is 27.9. The lowest BCUT2D eigenvalue weighted by Gasteiger charge is -2.41. The highest BCUT2D eigenvalue weighted by molar-refractivity contribution is 9.09. The van der Waals surface area contributed by atoms with Gasteiger partial charge in [0.2, 0.25) is 11.8 Å². The van der Waals surface area contributed by atoms with Gasteiger partial charge in [-0.25, -0.2) is 0 Å². The van der Waals surface area contributed by atoms with Gasteiger partial charge in [0.1, 0.15) is 6.04 Å². The van der Waals surface area contributed by atoms with Crippen molar-refractivity contribution in [1.82, 2.24) is 9.80 Å². The van der Waals surface area contributed by atoms with E-state index in [4.69, 9.17) is 11.6 Å². The Morgan fingerprint density at radius 2 is 1.92 bits per heavy atom. The number of anilines is 1. The number of aliphatic hydroxyl groups excluding tert-OH is 1. The predicted octanol–water partition coefficient (Wildman–Crippen LogP) is 3.98. The third-order valence-corrected chi connectivity index (χ3v) is 11.6. The number of likely N-dealkylation sites (tertiary alicyclic amines) is 1. The van der Waals surface area contributed by atoms with Gasteiger partial charge in [-0.2, -0.15) is 0 Å². The summed E-state index contributed by atoms with van der Waals surface area (Å²) >= 11 is 11.9. The van der Waals surface area contributed by atoms with E-state index in [0.717, 1.165) is 0 Å². The van der Waals surface area contributed by atoms with E-state index < -0.39 is 28.7 Å². The monoisotopic (exact) mass is 623 g/mol. The Morgan fingerprint density at radius 3 is 2.50 bits per heavy atom. The van der Waals surface area contributed by atoms with Crippen LogP contribution < -0.4 is 4.90 Å². The van der Waals surface area contributed by atoms with Crippen LogP contribution in [0.3, 0.4) is 0 Å². The molecule has 206 valence electrons. The van der Waals surface area contributed by atoms with E-state index in [1.165, 1.54) is 0 Å². The van der Waals surface area contributed by atoms with Crippen molar-refractivity contribution in [2.75, 3.05) is 31.6 Å². The number of amides is 3. The summed E-state index contributed by atoms with van der Waals surface area (Å²) in [5.74, 6) is -2.02. The molecule has 4 rings (SSSR count). The zero-order valence-electron chi connectivity index (χ0n) is 21.9. The minimum atomic E-state index is -0.881. The van der Waals surface area contributed by atoms with E-state index >= 15 is 0 Å². The number of hydrogen-bond donors (Lipinski definition) is 1. The molecule has 3 heterocycles. The van der Waals surface area contributed by atoms with Crippen LogP contribution in [-0.4, -0.2) is 86.3 Å². The molecule has 1 aromatic carbocycles. The number of benzene rings is 1. The summed E-state index contributed by atoms with van der Waals surface area (Å²) in [5.41, 5.74) is 0.530. The molecular weight excluding hydrogens is 590 g/mol. The molecule has 1 N–H and O–H groups in total. The number of nitrogens with zero attached hydrogens (tertiary/aromatic N) is 3. The number of likely N-dealkylation sites (N-methyl/N-ethyl adjacent to an activating group) is 1. The van der Waals surface area contributed by atoms with Gasteiger partial charge in [-0.3, -0.25) is 14.4 Å². The summed E-state index contributed by atoms with van der Waals surface area (Å²) in [5, 5.41) is 10.7. The Kier molecular flexibility index (Phi) is 8.72. The average Bonchev–Trinajstić information content (AvgIpc) is 3.46. The molecule has 1 aromatic rings. The van der Waals surface area contributed by atoms with Crippen molar-refractivity contribution in [3.05, 3.63) is 54.6 Å². The van der Waals surface area contributed by atoms with Crippen molar-refractivity contribution < 1.29 is 19.5 Å². The van der Waals surface area contributed by atoms with Crippen LogP contribution >= 0.6 is 39.3 Å². The summed E-state index contributed by atoms with van der Waals surface area (Å²) in [6, 6.07) is 5.63. The first-order chi connectivity index (χ1) is 18.0. The number of rotatable bonds is 10. The second-order valence-corrected chi connectivity index (χ2v) is 13.7. The Hall–Kier alpha value is -1.81. The van der Waals surface area contributed by atoms with Gasteiger partial charge in [0, 0.05) is 30.2 Å². The molecule has 3 saturated heterocycles. The van der Waals surface area contributed by atoms with Crippen LogP contribution in [0.4, 0.5) is 5.69 Å². The largest absolute Gasteiger partial charge is 0.394 e. The molecule has 3 aliphatic heterocycles. The van der Waals surface area contributed by atoms with Crippen LogP contribution in [-0.2, 0) is 14.4 Å². The lowest BCUT2D eigenvalue weighted by molar-refractivity contribution is -0.145. The molecule has 0 radical (unpaired) electrons. The van der Waals surface area contributed by atoms with Crippen molar-refractivity contribution in [2.45, 2.75) is 47.2 Å². The third kappa shape index (κ3) is 4.53. The number of thioether (sulfide) groups is 1. The van der Waals surface area contributed by atoms with Crippen molar-refractivity contribution in [3.63, 3.8) is 0 Å². The van der Waals surface area contributed by atoms with Gasteiger partial charge in [0.25, 0.3) is 5.91 Å². The third-order valence-electron chi connectivity index (χ3n) is 8.06. The summed E-state index contributed by atoms with van der Waals surface area (Å²) in [6.45, 7) is 11.7. The highest BCUT2D eigenvalue weighted by Crippen LogP contribution is 2.68. The van der Waals surface area contributed by atoms with Gasteiger partial charge in [-0.1, -0.05) is 65.7 Å². The molecule has 0 saturated carbocycles. The normalized spacial score (nSPS) is 30.3. The maximum Gasteiger partial charge on any atom is 0.251 e. The standard InChI is InChI=1S/C28H35BrClN3O4S/c1-6-12-31(5)25(35)21-22-26(36)33(20(15-34)16(3)4)24(28(22)14-17(29)23(21)38-28)27(37)32(13-7-2)19-11-9-8-10-18(19)30/h6-11,16-17,20-24,34H,1-2,12-15H2,3-5H3/t17?,20-,21+,22-,23+,24?,28?/m0/s1. The first-order valence-corrected chi connectivity index (χ1v) is 15.0. The maximum absolute atomic E-state index is 14.6. The Labute approximate surface area is 242 Å². The molecule has 3 unspecified atom stereocenters. The van der Waals surface area contributed by atoms with Gasteiger partial charge in [-0.05, 0) is 24.5 Å². The molecule has 7 atom stereocenters. The van der Waals surface area contributed by atoms with E-state index in [2.05, 4.69) is 29.1 Å². The average molecular weight is 625 g/mol. The van der Waals surface area contributed by atoms with Gasteiger partial charge < -0.3 is 19.8 Å². The van der Waals surface area contributed by atoms with E-state index in [1.807, 2.05) is 19.9 Å². The molecule has 3 aliphatic rings. The van der Waals surface area contributed by atoms with Crippen LogP contribution in [0.1, 0.15) is 20.3 Å². The molecule has 38 heavy (non-hydrogen) atoms. The fraction of sp³-hybridized carbons (Fsp3) is 0.536. The molecule has 0 aliphatic carbocycles. The van der Waals surface area contributed by atoms with Crippen LogP contribution in [0.15, 0.2) is 49.6 Å². The van der Waals surface area contributed by atoms with Gasteiger partial charge in [0.05, 0.1) is 39.9 Å². The zero-order valence-corrected chi connectivity index (χ0v) is 25.1. The summed E-state index contributed by atoms with van der Waals surface area (Å²) < 4.78 is -0.828. The van der Waals surface area contributed by atoms with E-state index in [1.54, 1.807) is 63.9 Å². The SMILES string of the molecule is C=CCN(C)C(=O)[C@H]1[C@@H]2SC3(CC2Br)C(C(=O)N(CC=C)c2ccccc2Cl)N([C@@H](CO)C(C)C)C(=O)[C@H]13. The van der Waals surface area contributed by atoms with Gasteiger partial charge >= 0.3 is 0 Å². The molecule has 3 amide bonds. The minimum absolute atomic E-state index is 0.0438. The van der Waals surface area contributed by atoms with Crippen molar-refractivity contribution in [3.8, 4) is 0 Å². The quantitative estimate of drug-likeness (QED) is 0.315. The lowest BCUT2D eigenvalue weighted by Crippen LogP contribution is -2.59. The molecule has 2 bridgehead atoms. The van der Waals surface area contributed by atoms with Gasteiger partial charge in [0.15, 0.2) is 0 Å². The Morgan fingerprint density at radius 1 is 1.26 bits per heavy atom. The van der Waals surface area contributed by atoms with Crippen molar-refractivity contribution >= 4 is 62.7 Å². The Bertz CT molecular complexity index is 1140. The fourth-order valence-electron chi connectivity index (χ4n) is 6.40. The number of carbonyl (C=O) groups excluding carboxylic acids is 3. The lowest BCUT2D eigenvalue weighted by atomic mass is 9.70. The smallest absolute Gasteiger partial charge is 0.251 e. The summed E-state index contributed by atoms with van der Waals surface area (Å²) in [6.07, 6.45) is 3.85. The highest BCUT2D eigenvalue weighted by atomic mass is 79.9. The molecule has 10 heteroatoms.